The smallest absolute Gasteiger partial charge is 0.244 e. The van der Waals surface area contributed by atoms with E-state index >= 15 is 0 Å². The molecule has 1 fully saturated rings. The van der Waals surface area contributed by atoms with E-state index in [4.69, 9.17) is 10.5 Å². The molecule has 1 unspecified atom stereocenters. The zero-order valence-electron chi connectivity index (χ0n) is 10.7. The van der Waals surface area contributed by atoms with Gasteiger partial charge in [-0.15, -0.1) is 0 Å². The van der Waals surface area contributed by atoms with Gasteiger partial charge in [0.1, 0.15) is 11.9 Å². The van der Waals surface area contributed by atoms with E-state index in [9.17, 15) is 4.79 Å². The summed E-state index contributed by atoms with van der Waals surface area (Å²) in [4.78, 5) is 18.2. The number of hydrogen-bond donors (Lipinski definition) is 2. The minimum absolute atomic E-state index is 0.0498. The van der Waals surface area contributed by atoms with Crippen LogP contribution in [0.1, 0.15) is 6.92 Å². The number of amides is 1. The van der Waals surface area contributed by atoms with E-state index in [2.05, 4.69) is 26.2 Å². The second-order valence-corrected chi connectivity index (χ2v) is 5.26. The molecule has 0 saturated carbocycles. The number of morpholine rings is 1. The molecule has 19 heavy (non-hydrogen) atoms. The van der Waals surface area contributed by atoms with E-state index < -0.39 is 0 Å². The lowest BCUT2D eigenvalue weighted by Gasteiger charge is -2.29. The molecular formula is C12H17BrN4O2. The predicted octanol–water partition coefficient (Wildman–Crippen LogP) is 1.09. The molecular weight excluding hydrogens is 312 g/mol. The molecule has 1 aliphatic heterocycles. The van der Waals surface area contributed by atoms with Crippen molar-refractivity contribution in [3.63, 3.8) is 0 Å². The minimum Gasteiger partial charge on any atom is -0.397 e. The zero-order valence-corrected chi connectivity index (χ0v) is 12.3. The maximum absolute atomic E-state index is 12.2. The molecule has 1 amide bonds. The fraction of sp³-hybridized carbons (Fsp3) is 0.500. The number of nitrogen functional groups attached to an aromatic ring is 1. The SMILES string of the molecule is CC(Nc1ncc(N)cc1Br)C(=O)N1CCOCC1. The van der Waals surface area contributed by atoms with Crippen molar-refractivity contribution >= 4 is 33.3 Å². The number of anilines is 2. The Morgan fingerprint density at radius 3 is 2.89 bits per heavy atom. The van der Waals surface area contributed by atoms with Crippen molar-refractivity contribution in [2.24, 2.45) is 0 Å². The van der Waals surface area contributed by atoms with Crippen LogP contribution in [0.25, 0.3) is 0 Å². The Kier molecular flexibility index (Phi) is 4.60. The number of ether oxygens (including phenoxy) is 1. The molecule has 6 nitrogen and oxygen atoms in total. The molecule has 0 aliphatic carbocycles. The van der Waals surface area contributed by atoms with Crippen LogP contribution < -0.4 is 11.1 Å². The molecule has 2 rings (SSSR count). The van der Waals surface area contributed by atoms with E-state index in [1.807, 2.05) is 6.92 Å². The van der Waals surface area contributed by atoms with Crippen molar-refractivity contribution in [3.05, 3.63) is 16.7 Å². The quantitative estimate of drug-likeness (QED) is 0.868. The Balaban J connectivity index is 1.99. The summed E-state index contributed by atoms with van der Waals surface area (Å²) in [5.74, 6) is 0.664. The second kappa shape index (κ2) is 6.21. The molecule has 0 aromatic carbocycles. The maximum Gasteiger partial charge on any atom is 0.244 e. The van der Waals surface area contributed by atoms with Gasteiger partial charge in [0.05, 0.1) is 29.6 Å². The van der Waals surface area contributed by atoms with Crippen molar-refractivity contribution in [2.45, 2.75) is 13.0 Å². The lowest BCUT2D eigenvalue weighted by Crippen LogP contribution is -2.47. The van der Waals surface area contributed by atoms with Crippen LogP contribution >= 0.6 is 15.9 Å². The number of rotatable bonds is 3. The van der Waals surface area contributed by atoms with Crippen LogP contribution in [-0.4, -0.2) is 48.1 Å². The molecule has 3 N–H and O–H groups in total. The van der Waals surface area contributed by atoms with Gasteiger partial charge in [-0.25, -0.2) is 4.98 Å². The summed E-state index contributed by atoms with van der Waals surface area (Å²) in [6.07, 6.45) is 1.55. The molecule has 0 radical (unpaired) electrons. The standard InChI is InChI=1S/C12H17BrN4O2/c1-8(12(18)17-2-4-19-5-3-17)16-11-10(13)6-9(14)7-15-11/h6-8H,2-5,14H2,1H3,(H,15,16). The average molecular weight is 329 g/mol. The Hall–Kier alpha value is -1.34. The monoisotopic (exact) mass is 328 g/mol. The topological polar surface area (TPSA) is 80.5 Å². The highest BCUT2D eigenvalue weighted by Gasteiger charge is 2.22. The highest BCUT2D eigenvalue weighted by atomic mass is 79.9. The molecule has 2 heterocycles. The fourth-order valence-corrected chi connectivity index (χ4v) is 2.36. The van der Waals surface area contributed by atoms with Crippen LogP contribution in [0.2, 0.25) is 0 Å². The molecule has 1 aromatic rings. The van der Waals surface area contributed by atoms with E-state index in [1.165, 1.54) is 0 Å². The second-order valence-electron chi connectivity index (χ2n) is 4.40. The first-order valence-corrected chi connectivity index (χ1v) is 6.91. The number of aromatic nitrogens is 1. The third-order valence-electron chi connectivity index (χ3n) is 2.91. The summed E-state index contributed by atoms with van der Waals surface area (Å²) in [7, 11) is 0. The number of nitrogens with one attached hydrogen (secondary N) is 1. The van der Waals surface area contributed by atoms with Gasteiger partial charge in [-0.05, 0) is 28.9 Å². The first kappa shape index (κ1) is 14.1. The van der Waals surface area contributed by atoms with Gasteiger partial charge in [0.15, 0.2) is 0 Å². The van der Waals surface area contributed by atoms with Crippen LogP contribution in [0.3, 0.4) is 0 Å². The largest absolute Gasteiger partial charge is 0.397 e. The molecule has 1 atom stereocenters. The molecule has 104 valence electrons. The third-order valence-corrected chi connectivity index (χ3v) is 3.51. The van der Waals surface area contributed by atoms with Gasteiger partial charge in [-0.1, -0.05) is 0 Å². The summed E-state index contributed by atoms with van der Waals surface area (Å²) >= 11 is 3.37. The number of nitrogens with two attached hydrogens (primary N) is 1. The van der Waals surface area contributed by atoms with Crippen molar-refractivity contribution in [1.29, 1.82) is 0 Å². The number of halogens is 1. The van der Waals surface area contributed by atoms with Gasteiger partial charge in [0.2, 0.25) is 5.91 Å². The summed E-state index contributed by atoms with van der Waals surface area (Å²) in [6.45, 7) is 4.30. The molecule has 1 aliphatic rings. The minimum atomic E-state index is -0.342. The Labute approximate surface area is 120 Å². The van der Waals surface area contributed by atoms with Crippen molar-refractivity contribution in [3.8, 4) is 0 Å². The number of nitrogens with zero attached hydrogens (tertiary/aromatic N) is 2. The molecule has 1 saturated heterocycles. The summed E-state index contributed by atoms with van der Waals surface area (Å²) < 4.78 is 5.98. The van der Waals surface area contributed by atoms with Crippen molar-refractivity contribution < 1.29 is 9.53 Å². The van der Waals surface area contributed by atoms with E-state index in [0.717, 1.165) is 4.47 Å². The molecule has 0 spiro atoms. The number of carbonyl (C=O) groups excluding carboxylic acids is 1. The van der Waals surface area contributed by atoms with Gasteiger partial charge in [0.25, 0.3) is 0 Å². The van der Waals surface area contributed by atoms with E-state index in [-0.39, 0.29) is 11.9 Å². The molecule has 7 heteroatoms. The summed E-state index contributed by atoms with van der Waals surface area (Å²) in [5, 5.41) is 3.09. The number of pyridine rings is 1. The first-order valence-electron chi connectivity index (χ1n) is 6.12. The van der Waals surface area contributed by atoms with Crippen LogP contribution in [0.5, 0.6) is 0 Å². The maximum atomic E-state index is 12.2. The highest BCUT2D eigenvalue weighted by Crippen LogP contribution is 2.22. The lowest BCUT2D eigenvalue weighted by atomic mass is 10.2. The fourth-order valence-electron chi connectivity index (χ4n) is 1.88. The zero-order chi connectivity index (χ0) is 13.8. The Bertz CT molecular complexity index is 463. The van der Waals surface area contributed by atoms with E-state index in [0.29, 0.717) is 37.8 Å². The third kappa shape index (κ3) is 3.57. The van der Waals surface area contributed by atoms with Gasteiger partial charge in [-0.3, -0.25) is 4.79 Å². The molecule has 1 aromatic heterocycles. The Morgan fingerprint density at radius 1 is 1.58 bits per heavy atom. The summed E-state index contributed by atoms with van der Waals surface area (Å²) in [5.41, 5.74) is 6.20. The van der Waals surface area contributed by atoms with Gasteiger partial charge < -0.3 is 20.7 Å². The van der Waals surface area contributed by atoms with Gasteiger partial charge >= 0.3 is 0 Å². The van der Waals surface area contributed by atoms with Crippen LogP contribution in [0, 0.1) is 0 Å². The van der Waals surface area contributed by atoms with Crippen LogP contribution in [0.15, 0.2) is 16.7 Å². The highest BCUT2D eigenvalue weighted by molar-refractivity contribution is 9.10. The van der Waals surface area contributed by atoms with Crippen molar-refractivity contribution in [2.75, 3.05) is 37.4 Å². The van der Waals surface area contributed by atoms with Gasteiger partial charge in [0, 0.05) is 13.1 Å². The van der Waals surface area contributed by atoms with Crippen LogP contribution in [-0.2, 0) is 9.53 Å². The lowest BCUT2D eigenvalue weighted by molar-refractivity contribution is -0.135. The normalized spacial score (nSPS) is 17.1. The number of hydrogen-bond acceptors (Lipinski definition) is 5. The van der Waals surface area contributed by atoms with E-state index in [1.54, 1.807) is 17.2 Å². The van der Waals surface area contributed by atoms with Crippen molar-refractivity contribution in [1.82, 2.24) is 9.88 Å². The molecule has 0 bridgehead atoms. The first-order chi connectivity index (χ1) is 9.08. The van der Waals surface area contributed by atoms with Gasteiger partial charge in [-0.2, -0.15) is 0 Å². The summed E-state index contributed by atoms with van der Waals surface area (Å²) in [6, 6.07) is 1.41. The predicted molar refractivity (Wildman–Crippen MR) is 76.8 cm³/mol. The average Bonchev–Trinajstić information content (AvgIpc) is 2.42. The Morgan fingerprint density at radius 2 is 2.26 bits per heavy atom. The van der Waals surface area contributed by atoms with Crippen LogP contribution in [0.4, 0.5) is 11.5 Å². The number of carbonyl (C=O) groups is 1.